The van der Waals surface area contributed by atoms with Crippen molar-refractivity contribution in [1.82, 2.24) is 4.72 Å². The topological polar surface area (TPSA) is 92.4 Å². The molecule has 0 saturated carbocycles. The van der Waals surface area contributed by atoms with Crippen LogP contribution < -0.4 is 10.5 Å². The van der Waals surface area contributed by atoms with Crippen LogP contribution in [0.2, 0.25) is 0 Å². The zero-order chi connectivity index (χ0) is 12.3. The molecule has 0 unspecified atom stereocenters. The molecule has 16 heavy (non-hydrogen) atoms. The number of nitrogen functional groups attached to an aromatic ring is 1. The van der Waals surface area contributed by atoms with Gasteiger partial charge in [0, 0.05) is 6.54 Å². The summed E-state index contributed by atoms with van der Waals surface area (Å²) in [6.45, 7) is 1.33. The molecule has 0 amide bonds. The summed E-state index contributed by atoms with van der Waals surface area (Å²) < 4.78 is 38.2. The Morgan fingerprint density at radius 2 is 2.19 bits per heavy atom. The van der Waals surface area contributed by atoms with E-state index in [1.165, 1.54) is 6.92 Å². The van der Waals surface area contributed by atoms with Gasteiger partial charge in [0.2, 0.25) is 10.0 Å². The summed E-state index contributed by atoms with van der Waals surface area (Å²) in [5, 5.41) is 8.95. The van der Waals surface area contributed by atoms with Gasteiger partial charge in [-0.15, -0.1) is 0 Å². The molecular weight excluding hydrogens is 235 g/mol. The van der Waals surface area contributed by atoms with Crippen molar-refractivity contribution in [2.75, 3.05) is 12.3 Å². The molecule has 0 heterocycles. The molecule has 0 saturated heterocycles. The molecule has 0 aliphatic carbocycles. The summed E-state index contributed by atoms with van der Waals surface area (Å²) in [4.78, 5) is -0.132. The molecule has 1 atom stereocenters. The molecule has 0 spiro atoms. The molecule has 0 radical (unpaired) electrons. The molecule has 1 aromatic rings. The minimum Gasteiger partial charge on any atom is -0.396 e. The Morgan fingerprint density at radius 1 is 1.56 bits per heavy atom. The van der Waals surface area contributed by atoms with E-state index in [4.69, 9.17) is 10.8 Å². The van der Waals surface area contributed by atoms with Crippen LogP contribution in [0, 0.1) is 5.82 Å². The van der Waals surface area contributed by atoms with Gasteiger partial charge in [0.05, 0.1) is 16.7 Å². The van der Waals surface area contributed by atoms with Crippen molar-refractivity contribution in [2.24, 2.45) is 0 Å². The number of sulfonamides is 1. The molecule has 90 valence electrons. The van der Waals surface area contributed by atoms with Crippen molar-refractivity contribution in [3.63, 3.8) is 0 Å². The monoisotopic (exact) mass is 248 g/mol. The first-order valence-electron chi connectivity index (χ1n) is 4.55. The predicted molar refractivity (Wildman–Crippen MR) is 57.7 cm³/mol. The molecule has 0 bridgehead atoms. The van der Waals surface area contributed by atoms with E-state index in [1.54, 1.807) is 0 Å². The number of nitrogens with two attached hydrogens (primary N) is 1. The maximum absolute atomic E-state index is 12.8. The number of hydrogen-bond donors (Lipinski definition) is 3. The molecule has 5 nitrogen and oxygen atoms in total. The van der Waals surface area contributed by atoms with E-state index in [2.05, 4.69) is 4.72 Å². The van der Waals surface area contributed by atoms with Crippen molar-refractivity contribution in [2.45, 2.75) is 17.9 Å². The molecule has 7 heteroatoms. The van der Waals surface area contributed by atoms with Crippen molar-refractivity contribution in [1.29, 1.82) is 0 Å². The molecule has 0 aromatic heterocycles. The lowest BCUT2D eigenvalue weighted by Crippen LogP contribution is -2.30. The average Bonchev–Trinajstić information content (AvgIpc) is 2.19. The first kappa shape index (κ1) is 12.9. The van der Waals surface area contributed by atoms with Crippen LogP contribution in [0.25, 0.3) is 0 Å². The van der Waals surface area contributed by atoms with Crippen molar-refractivity contribution >= 4 is 15.7 Å². The minimum atomic E-state index is -3.75. The van der Waals surface area contributed by atoms with Crippen LogP contribution in [-0.4, -0.2) is 26.2 Å². The Balaban J connectivity index is 2.94. The highest BCUT2D eigenvalue weighted by atomic mass is 32.2. The molecule has 0 fully saturated rings. The maximum atomic E-state index is 12.8. The lowest BCUT2D eigenvalue weighted by molar-refractivity contribution is 0.198. The van der Waals surface area contributed by atoms with Gasteiger partial charge in [0.1, 0.15) is 5.82 Å². The maximum Gasteiger partial charge on any atom is 0.240 e. The van der Waals surface area contributed by atoms with Crippen molar-refractivity contribution < 1.29 is 17.9 Å². The van der Waals surface area contributed by atoms with E-state index in [0.717, 1.165) is 18.2 Å². The van der Waals surface area contributed by atoms with Gasteiger partial charge in [-0.1, -0.05) is 0 Å². The first-order valence-corrected chi connectivity index (χ1v) is 6.04. The van der Waals surface area contributed by atoms with Crippen molar-refractivity contribution in [3.8, 4) is 0 Å². The van der Waals surface area contributed by atoms with E-state index in [-0.39, 0.29) is 17.1 Å². The van der Waals surface area contributed by atoms with Gasteiger partial charge in [-0.2, -0.15) is 0 Å². The van der Waals surface area contributed by atoms with Gasteiger partial charge in [-0.25, -0.2) is 17.5 Å². The molecule has 4 N–H and O–H groups in total. The summed E-state index contributed by atoms with van der Waals surface area (Å²) in [7, 11) is -3.75. The van der Waals surface area contributed by atoms with Crippen LogP contribution in [0.5, 0.6) is 0 Å². The number of hydrogen-bond acceptors (Lipinski definition) is 4. The smallest absolute Gasteiger partial charge is 0.240 e. The Hall–Kier alpha value is -1.18. The standard InChI is InChI=1S/C9H13FN2O3S/c1-6(13)5-12-16(14,15)7-2-3-8(10)9(11)4-7/h2-4,6,12-13H,5,11H2,1H3/t6-/m0/s1. The van der Waals surface area contributed by atoms with Crippen LogP contribution in [0.1, 0.15) is 6.92 Å². The average molecular weight is 248 g/mol. The highest BCUT2D eigenvalue weighted by Gasteiger charge is 2.15. The molecule has 0 aliphatic rings. The van der Waals surface area contributed by atoms with Crippen LogP contribution >= 0.6 is 0 Å². The van der Waals surface area contributed by atoms with Crippen LogP contribution in [0.3, 0.4) is 0 Å². The number of rotatable bonds is 4. The molecular formula is C9H13FN2O3S. The number of anilines is 1. The highest BCUT2D eigenvalue weighted by Crippen LogP contribution is 2.16. The number of benzene rings is 1. The summed E-state index contributed by atoms with van der Waals surface area (Å²) in [6.07, 6.45) is -0.799. The Labute approximate surface area is 93.1 Å². The third-order valence-electron chi connectivity index (χ3n) is 1.85. The number of nitrogens with one attached hydrogen (secondary N) is 1. The second-order valence-electron chi connectivity index (χ2n) is 3.38. The van der Waals surface area contributed by atoms with Crippen LogP contribution in [0.4, 0.5) is 10.1 Å². The van der Waals surface area contributed by atoms with E-state index in [0.29, 0.717) is 0 Å². The summed E-state index contributed by atoms with van der Waals surface area (Å²) >= 11 is 0. The molecule has 1 aromatic carbocycles. The van der Waals surface area contributed by atoms with E-state index < -0.39 is 21.9 Å². The van der Waals surface area contributed by atoms with Gasteiger partial charge in [-0.3, -0.25) is 0 Å². The SMILES string of the molecule is C[C@H](O)CNS(=O)(=O)c1ccc(F)c(N)c1. The highest BCUT2D eigenvalue weighted by molar-refractivity contribution is 7.89. The summed E-state index contributed by atoms with van der Waals surface area (Å²) in [6, 6.07) is 3.11. The lowest BCUT2D eigenvalue weighted by Gasteiger charge is -2.08. The zero-order valence-electron chi connectivity index (χ0n) is 8.64. The zero-order valence-corrected chi connectivity index (χ0v) is 9.46. The predicted octanol–water partition coefficient (Wildman–Crippen LogP) is 0.0670. The summed E-state index contributed by atoms with van der Waals surface area (Å²) in [5.74, 6) is -0.672. The van der Waals surface area contributed by atoms with Gasteiger partial charge in [0.15, 0.2) is 0 Å². The van der Waals surface area contributed by atoms with E-state index >= 15 is 0 Å². The fraction of sp³-hybridized carbons (Fsp3) is 0.333. The molecule has 1 rings (SSSR count). The normalized spacial score (nSPS) is 13.7. The van der Waals surface area contributed by atoms with Gasteiger partial charge >= 0.3 is 0 Å². The van der Waals surface area contributed by atoms with Gasteiger partial charge in [-0.05, 0) is 25.1 Å². The Bertz CT molecular complexity index is 474. The van der Waals surface area contributed by atoms with Crippen molar-refractivity contribution in [3.05, 3.63) is 24.0 Å². The number of aliphatic hydroxyl groups is 1. The fourth-order valence-corrected chi connectivity index (χ4v) is 2.16. The largest absolute Gasteiger partial charge is 0.396 e. The third kappa shape index (κ3) is 3.16. The second-order valence-corrected chi connectivity index (χ2v) is 5.15. The fourth-order valence-electron chi connectivity index (χ4n) is 1.00. The first-order chi connectivity index (χ1) is 7.33. The summed E-state index contributed by atoms with van der Waals surface area (Å²) in [5.41, 5.74) is 5.02. The van der Waals surface area contributed by atoms with E-state index in [9.17, 15) is 12.8 Å². The second kappa shape index (κ2) is 4.77. The number of aliphatic hydroxyl groups excluding tert-OH is 1. The Morgan fingerprint density at radius 3 is 2.69 bits per heavy atom. The quantitative estimate of drug-likeness (QED) is 0.657. The lowest BCUT2D eigenvalue weighted by atomic mass is 10.3. The minimum absolute atomic E-state index is 0.111. The van der Waals surface area contributed by atoms with Gasteiger partial charge < -0.3 is 10.8 Å². The van der Waals surface area contributed by atoms with Gasteiger partial charge in [0.25, 0.3) is 0 Å². The Kier molecular flexibility index (Phi) is 3.84. The van der Waals surface area contributed by atoms with E-state index in [1.807, 2.05) is 0 Å². The van der Waals surface area contributed by atoms with Crippen LogP contribution in [0.15, 0.2) is 23.1 Å². The number of halogens is 1. The molecule has 0 aliphatic heterocycles. The third-order valence-corrected chi connectivity index (χ3v) is 3.27. The van der Waals surface area contributed by atoms with Crippen LogP contribution in [-0.2, 0) is 10.0 Å².